The van der Waals surface area contributed by atoms with Crippen molar-refractivity contribution in [2.75, 3.05) is 17.4 Å². The van der Waals surface area contributed by atoms with Crippen LogP contribution in [0, 0.1) is 13.8 Å². The van der Waals surface area contributed by atoms with Crippen LogP contribution < -0.4 is 9.62 Å². The first kappa shape index (κ1) is 30.3. The predicted octanol–water partition coefficient (Wildman–Crippen LogP) is 5.41. The third-order valence-corrected chi connectivity index (χ3v) is 9.57. The molecule has 7 nitrogen and oxygen atoms in total. The van der Waals surface area contributed by atoms with E-state index >= 15 is 0 Å². The number of anilines is 1. The topological polar surface area (TPSA) is 86.8 Å². The summed E-state index contributed by atoms with van der Waals surface area (Å²) in [5.41, 5.74) is 3.36. The van der Waals surface area contributed by atoms with Gasteiger partial charge in [0.25, 0.3) is 10.0 Å². The zero-order valence-corrected chi connectivity index (χ0v) is 25.1. The monoisotopic (exact) mass is 575 g/mol. The van der Waals surface area contributed by atoms with Crippen LogP contribution in [0.1, 0.15) is 55.7 Å². The van der Waals surface area contributed by atoms with Gasteiger partial charge in [-0.15, -0.1) is 0 Å². The van der Waals surface area contributed by atoms with E-state index in [9.17, 15) is 18.0 Å². The van der Waals surface area contributed by atoms with Crippen molar-refractivity contribution in [2.24, 2.45) is 0 Å². The molecule has 0 heterocycles. The Morgan fingerprint density at radius 2 is 1.46 bits per heavy atom. The molecule has 1 aliphatic carbocycles. The molecule has 0 radical (unpaired) electrons. The van der Waals surface area contributed by atoms with Crippen molar-refractivity contribution in [3.63, 3.8) is 0 Å². The Bertz CT molecular complexity index is 1400. The fourth-order valence-corrected chi connectivity index (χ4v) is 6.75. The van der Waals surface area contributed by atoms with E-state index in [-0.39, 0.29) is 16.8 Å². The van der Waals surface area contributed by atoms with Crippen molar-refractivity contribution in [2.45, 2.75) is 76.3 Å². The number of aryl methyl sites for hydroxylation is 2. The molecule has 2 amide bonds. The minimum absolute atomic E-state index is 0.110. The van der Waals surface area contributed by atoms with E-state index in [4.69, 9.17) is 0 Å². The molecule has 0 spiro atoms. The maximum Gasteiger partial charge on any atom is 0.264 e. The second-order valence-electron chi connectivity index (χ2n) is 10.9. The zero-order chi connectivity index (χ0) is 29.4. The first-order valence-corrected chi connectivity index (χ1v) is 15.9. The van der Waals surface area contributed by atoms with E-state index in [0.717, 1.165) is 46.7 Å². The van der Waals surface area contributed by atoms with Gasteiger partial charge in [0.15, 0.2) is 0 Å². The van der Waals surface area contributed by atoms with Crippen LogP contribution in [0.3, 0.4) is 0 Å². The lowest BCUT2D eigenvalue weighted by molar-refractivity contribution is -0.139. The molecule has 1 fully saturated rings. The average molecular weight is 576 g/mol. The first-order chi connectivity index (χ1) is 19.7. The quantitative estimate of drug-likeness (QED) is 0.313. The lowest BCUT2D eigenvalue weighted by Crippen LogP contribution is -2.54. The molecule has 1 aliphatic rings. The summed E-state index contributed by atoms with van der Waals surface area (Å²) in [6, 6.07) is 22.9. The summed E-state index contributed by atoms with van der Waals surface area (Å²) in [4.78, 5) is 29.3. The van der Waals surface area contributed by atoms with Gasteiger partial charge in [0.05, 0.1) is 10.6 Å². The predicted molar refractivity (Wildman–Crippen MR) is 163 cm³/mol. The van der Waals surface area contributed by atoms with Gasteiger partial charge in [-0.3, -0.25) is 13.9 Å². The number of nitrogens with one attached hydrogen (secondary N) is 1. The molecule has 1 atom stereocenters. The second-order valence-corrected chi connectivity index (χ2v) is 12.8. The SMILES string of the molecule is CC[C@H](C(=O)NC1CCCC1)N(CCc1ccccc1)C(=O)CN(c1ccc(C)cc1)S(=O)(=O)c1ccc(C)cc1. The fraction of sp³-hybridized carbons (Fsp3) is 0.394. The summed E-state index contributed by atoms with van der Waals surface area (Å²) in [6.45, 7) is 5.59. The molecule has 41 heavy (non-hydrogen) atoms. The smallest absolute Gasteiger partial charge is 0.264 e. The number of amides is 2. The Labute approximate surface area is 244 Å². The van der Waals surface area contributed by atoms with Crippen LogP contribution in [-0.4, -0.2) is 50.3 Å². The molecule has 1 N–H and O–H groups in total. The average Bonchev–Trinajstić information content (AvgIpc) is 3.48. The molecule has 8 heteroatoms. The largest absolute Gasteiger partial charge is 0.352 e. The maximum absolute atomic E-state index is 14.1. The number of hydrogen-bond donors (Lipinski definition) is 1. The first-order valence-electron chi connectivity index (χ1n) is 14.5. The van der Waals surface area contributed by atoms with Crippen molar-refractivity contribution >= 4 is 27.5 Å². The number of carbonyl (C=O) groups is 2. The van der Waals surface area contributed by atoms with E-state index in [1.54, 1.807) is 41.3 Å². The summed E-state index contributed by atoms with van der Waals surface area (Å²) in [5.74, 6) is -0.588. The molecule has 218 valence electrons. The van der Waals surface area contributed by atoms with E-state index in [1.165, 1.54) is 0 Å². The van der Waals surface area contributed by atoms with Crippen LogP contribution in [0.4, 0.5) is 5.69 Å². The van der Waals surface area contributed by atoms with Crippen LogP contribution in [0.5, 0.6) is 0 Å². The molecule has 0 aromatic heterocycles. The van der Waals surface area contributed by atoms with Gasteiger partial charge in [-0.25, -0.2) is 8.42 Å². The lowest BCUT2D eigenvalue weighted by Gasteiger charge is -2.33. The minimum atomic E-state index is -4.07. The van der Waals surface area contributed by atoms with Crippen LogP contribution in [0.25, 0.3) is 0 Å². The Balaban J connectivity index is 1.66. The molecule has 0 unspecified atom stereocenters. The molecule has 0 saturated heterocycles. The Hall–Kier alpha value is -3.65. The molecule has 0 aliphatic heterocycles. The second kappa shape index (κ2) is 13.8. The van der Waals surface area contributed by atoms with Crippen LogP contribution in [0.15, 0.2) is 83.8 Å². The van der Waals surface area contributed by atoms with E-state index in [1.807, 2.05) is 63.2 Å². The van der Waals surface area contributed by atoms with Crippen LogP contribution >= 0.6 is 0 Å². The van der Waals surface area contributed by atoms with Gasteiger partial charge in [-0.05, 0) is 69.4 Å². The zero-order valence-electron chi connectivity index (χ0n) is 24.3. The van der Waals surface area contributed by atoms with E-state index in [2.05, 4.69) is 5.32 Å². The van der Waals surface area contributed by atoms with Crippen molar-refractivity contribution in [1.29, 1.82) is 0 Å². The third kappa shape index (κ3) is 7.76. The number of carbonyl (C=O) groups excluding carboxylic acids is 2. The summed E-state index contributed by atoms with van der Waals surface area (Å²) in [7, 11) is -4.07. The molecule has 3 aromatic carbocycles. The summed E-state index contributed by atoms with van der Waals surface area (Å²) in [5, 5.41) is 3.15. The number of nitrogens with zero attached hydrogens (tertiary/aromatic N) is 2. The van der Waals surface area contributed by atoms with Crippen molar-refractivity contribution < 1.29 is 18.0 Å². The maximum atomic E-state index is 14.1. The van der Waals surface area contributed by atoms with E-state index in [0.29, 0.717) is 25.1 Å². The number of benzene rings is 3. The Kier molecular flexibility index (Phi) is 10.2. The number of sulfonamides is 1. The summed E-state index contributed by atoms with van der Waals surface area (Å²) in [6.07, 6.45) is 5.02. The molecule has 0 bridgehead atoms. The van der Waals surface area contributed by atoms with Gasteiger partial charge in [0.1, 0.15) is 12.6 Å². The molecular formula is C33H41N3O4S. The van der Waals surface area contributed by atoms with Crippen molar-refractivity contribution in [1.82, 2.24) is 10.2 Å². The van der Waals surface area contributed by atoms with Gasteiger partial charge in [0.2, 0.25) is 11.8 Å². The molecule has 1 saturated carbocycles. The number of hydrogen-bond acceptors (Lipinski definition) is 4. The Morgan fingerprint density at radius 1 is 0.878 bits per heavy atom. The van der Waals surface area contributed by atoms with Gasteiger partial charge < -0.3 is 10.2 Å². The van der Waals surface area contributed by atoms with Crippen molar-refractivity contribution in [3.05, 3.63) is 95.6 Å². The van der Waals surface area contributed by atoms with Gasteiger partial charge >= 0.3 is 0 Å². The molecule has 3 aromatic rings. The molecule has 4 rings (SSSR count). The fourth-order valence-electron chi connectivity index (χ4n) is 5.34. The highest BCUT2D eigenvalue weighted by molar-refractivity contribution is 7.92. The highest BCUT2D eigenvalue weighted by Gasteiger charge is 2.34. The van der Waals surface area contributed by atoms with E-state index < -0.39 is 28.5 Å². The van der Waals surface area contributed by atoms with Crippen LogP contribution in [0.2, 0.25) is 0 Å². The standard InChI is InChI=1S/C33H41N3O4S/c1-4-31(33(38)34-28-12-8-9-13-28)35(23-22-27-10-6-5-7-11-27)32(37)24-36(29-18-14-25(2)15-19-29)41(39,40)30-20-16-26(3)17-21-30/h5-7,10-11,14-21,28,31H,4,8-9,12-13,22-24H2,1-3H3,(H,34,38)/t31-/m1/s1. The molecular weight excluding hydrogens is 534 g/mol. The number of rotatable bonds is 12. The highest BCUT2D eigenvalue weighted by Crippen LogP contribution is 2.25. The highest BCUT2D eigenvalue weighted by atomic mass is 32.2. The minimum Gasteiger partial charge on any atom is -0.352 e. The van der Waals surface area contributed by atoms with Crippen molar-refractivity contribution in [3.8, 4) is 0 Å². The van der Waals surface area contributed by atoms with Crippen LogP contribution in [-0.2, 0) is 26.0 Å². The summed E-state index contributed by atoms with van der Waals surface area (Å²) >= 11 is 0. The van der Waals surface area contributed by atoms with Gasteiger partial charge in [-0.2, -0.15) is 0 Å². The summed E-state index contributed by atoms with van der Waals surface area (Å²) < 4.78 is 29.1. The lowest BCUT2D eigenvalue weighted by atomic mass is 10.1. The Morgan fingerprint density at radius 3 is 2.05 bits per heavy atom. The van der Waals surface area contributed by atoms with Gasteiger partial charge in [0, 0.05) is 12.6 Å². The normalized spacial score (nSPS) is 14.4. The van der Waals surface area contributed by atoms with Gasteiger partial charge in [-0.1, -0.05) is 85.5 Å². The third-order valence-electron chi connectivity index (χ3n) is 7.78.